The van der Waals surface area contributed by atoms with Crippen LogP contribution in [0.4, 0.5) is 0 Å². The van der Waals surface area contributed by atoms with Crippen LogP contribution in [0.25, 0.3) is 0 Å². The van der Waals surface area contributed by atoms with Crippen molar-refractivity contribution in [3.63, 3.8) is 0 Å². The fourth-order valence-corrected chi connectivity index (χ4v) is 1.27. The lowest BCUT2D eigenvalue weighted by Crippen LogP contribution is -2.20. The molecular formula is C9H8Cl2N2O2. The summed E-state index contributed by atoms with van der Waals surface area (Å²) in [4.78, 5) is 10.6. The minimum absolute atomic E-state index is 0.435. The number of carbonyl (C=O) groups is 1. The first-order valence-electron chi connectivity index (χ1n) is 4.01. The predicted octanol–water partition coefficient (Wildman–Crippen LogP) is 1.44. The van der Waals surface area contributed by atoms with Crippen molar-refractivity contribution in [2.75, 3.05) is 6.61 Å². The van der Waals surface area contributed by atoms with Crippen LogP contribution in [-0.4, -0.2) is 23.8 Å². The van der Waals surface area contributed by atoms with E-state index in [0.29, 0.717) is 15.6 Å². The molecule has 0 aliphatic rings. The lowest BCUT2D eigenvalue weighted by atomic mass is 10.2. The van der Waals surface area contributed by atoms with Crippen molar-refractivity contribution in [2.24, 2.45) is 5.10 Å². The molecular weight excluding hydrogens is 239 g/mol. The van der Waals surface area contributed by atoms with Crippen molar-refractivity contribution in [2.45, 2.75) is 0 Å². The number of hydrazone groups is 1. The Morgan fingerprint density at radius 1 is 1.53 bits per heavy atom. The minimum Gasteiger partial charge on any atom is -0.386 e. The molecule has 0 aliphatic heterocycles. The van der Waals surface area contributed by atoms with Gasteiger partial charge in [-0.05, 0) is 12.1 Å². The van der Waals surface area contributed by atoms with E-state index >= 15 is 0 Å². The smallest absolute Gasteiger partial charge is 0.265 e. The first-order chi connectivity index (χ1) is 7.13. The molecule has 0 aromatic heterocycles. The molecule has 0 saturated heterocycles. The molecule has 0 unspecified atom stereocenters. The van der Waals surface area contributed by atoms with Gasteiger partial charge in [0.2, 0.25) is 0 Å². The predicted molar refractivity (Wildman–Crippen MR) is 59.3 cm³/mol. The second-order valence-electron chi connectivity index (χ2n) is 2.62. The van der Waals surface area contributed by atoms with Crippen molar-refractivity contribution in [3.8, 4) is 0 Å². The summed E-state index contributed by atoms with van der Waals surface area (Å²) in [6.45, 7) is -0.605. The van der Waals surface area contributed by atoms with Crippen LogP contribution in [0.2, 0.25) is 10.0 Å². The van der Waals surface area contributed by atoms with Crippen molar-refractivity contribution < 1.29 is 9.90 Å². The number of nitrogens with zero attached hydrogens (tertiary/aromatic N) is 1. The maximum Gasteiger partial charge on any atom is 0.265 e. The SMILES string of the molecule is O=C(CO)NN=Cc1ccc(Cl)cc1Cl. The van der Waals surface area contributed by atoms with Gasteiger partial charge in [-0.25, -0.2) is 5.43 Å². The number of hydrogen-bond acceptors (Lipinski definition) is 3. The normalized spacial score (nSPS) is 10.6. The summed E-state index contributed by atoms with van der Waals surface area (Å²) in [5.74, 6) is -0.587. The van der Waals surface area contributed by atoms with Gasteiger partial charge in [0.25, 0.3) is 5.91 Å². The highest BCUT2D eigenvalue weighted by molar-refractivity contribution is 6.36. The zero-order valence-corrected chi connectivity index (χ0v) is 9.09. The maximum absolute atomic E-state index is 10.6. The summed E-state index contributed by atoms with van der Waals surface area (Å²) in [5.41, 5.74) is 2.74. The molecule has 1 aromatic rings. The van der Waals surface area contributed by atoms with Crippen LogP contribution in [0.1, 0.15) is 5.56 Å². The first kappa shape index (κ1) is 12.0. The van der Waals surface area contributed by atoms with E-state index in [4.69, 9.17) is 28.3 Å². The number of nitrogens with one attached hydrogen (secondary N) is 1. The molecule has 2 N–H and O–H groups in total. The quantitative estimate of drug-likeness (QED) is 0.627. The number of aliphatic hydroxyl groups excluding tert-OH is 1. The van der Waals surface area contributed by atoms with Crippen molar-refractivity contribution >= 4 is 35.3 Å². The van der Waals surface area contributed by atoms with Gasteiger partial charge in [-0.1, -0.05) is 29.3 Å². The van der Waals surface area contributed by atoms with Crippen LogP contribution in [0.15, 0.2) is 23.3 Å². The van der Waals surface area contributed by atoms with Gasteiger partial charge in [0.15, 0.2) is 0 Å². The fraction of sp³-hybridized carbons (Fsp3) is 0.111. The molecule has 1 rings (SSSR count). The monoisotopic (exact) mass is 246 g/mol. The summed E-state index contributed by atoms with van der Waals surface area (Å²) in [7, 11) is 0. The fourth-order valence-electron chi connectivity index (χ4n) is 0.815. The van der Waals surface area contributed by atoms with E-state index in [0.717, 1.165) is 0 Å². The Bertz CT molecular complexity index is 394. The number of rotatable bonds is 3. The number of benzene rings is 1. The molecule has 1 aromatic carbocycles. The van der Waals surface area contributed by atoms with E-state index in [1.54, 1.807) is 18.2 Å². The summed E-state index contributed by atoms with van der Waals surface area (Å²) in [6.07, 6.45) is 1.37. The van der Waals surface area contributed by atoms with Gasteiger partial charge in [0.05, 0.1) is 11.2 Å². The molecule has 0 spiro atoms. The highest BCUT2D eigenvalue weighted by Crippen LogP contribution is 2.19. The van der Waals surface area contributed by atoms with Gasteiger partial charge in [-0.15, -0.1) is 0 Å². The standard InChI is InChI=1S/C9H8Cl2N2O2/c10-7-2-1-6(8(11)3-7)4-12-13-9(15)5-14/h1-4,14H,5H2,(H,13,15). The van der Waals surface area contributed by atoms with Crippen LogP contribution >= 0.6 is 23.2 Å². The average molecular weight is 247 g/mol. The second-order valence-corrected chi connectivity index (χ2v) is 3.46. The molecule has 15 heavy (non-hydrogen) atoms. The molecule has 1 amide bonds. The Morgan fingerprint density at radius 2 is 2.27 bits per heavy atom. The number of carbonyl (C=O) groups excluding carboxylic acids is 1. The molecule has 80 valence electrons. The Kier molecular flexibility index (Phi) is 4.55. The first-order valence-corrected chi connectivity index (χ1v) is 4.77. The topological polar surface area (TPSA) is 61.7 Å². The Balaban J connectivity index is 2.68. The zero-order chi connectivity index (χ0) is 11.3. The van der Waals surface area contributed by atoms with E-state index in [2.05, 4.69) is 10.5 Å². The highest BCUT2D eigenvalue weighted by atomic mass is 35.5. The van der Waals surface area contributed by atoms with Crippen LogP contribution in [0.3, 0.4) is 0 Å². The third kappa shape index (κ3) is 3.87. The van der Waals surface area contributed by atoms with E-state index < -0.39 is 12.5 Å². The number of aliphatic hydroxyl groups is 1. The molecule has 0 aliphatic carbocycles. The van der Waals surface area contributed by atoms with Gasteiger partial charge in [0.1, 0.15) is 6.61 Å². The lowest BCUT2D eigenvalue weighted by Gasteiger charge is -1.98. The molecule has 6 heteroatoms. The Labute approximate surface area is 96.5 Å². The van der Waals surface area contributed by atoms with E-state index in [1.165, 1.54) is 6.21 Å². The van der Waals surface area contributed by atoms with Crippen molar-refractivity contribution in [1.82, 2.24) is 5.43 Å². The van der Waals surface area contributed by atoms with E-state index in [9.17, 15) is 4.79 Å². The average Bonchev–Trinajstić information content (AvgIpc) is 2.21. The maximum atomic E-state index is 10.6. The summed E-state index contributed by atoms with van der Waals surface area (Å²) in [6, 6.07) is 4.89. The third-order valence-electron chi connectivity index (χ3n) is 1.50. The van der Waals surface area contributed by atoms with Gasteiger partial charge >= 0.3 is 0 Å². The molecule has 4 nitrogen and oxygen atoms in total. The van der Waals surface area contributed by atoms with Crippen LogP contribution < -0.4 is 5.43 Å². The summed E-state index contributed by atoms with van der Waals surface area (Å²) >= 11 is 11.5. The largest absolute Gasteiger partial charge is 0.386 e. The second kappa shape index (κ2) is 5.70. The zero-order valence-electron chi connectivity index (χ0n) is 7.58. The van der Waals surface area contributed by atoms with Gasteiger partial charge < -0.3 is 5.11 Å². The van der Waals surface area contributed by atoms with Crippen molar-refractivity contribution in [3.05, 3.63) is 33.8 Å². The third-order valence-corrected chi connectivity index (χ3v) is 2.06. The van der Waals surface area contributed by atoms with Gasteiger partial charge in [-0.3, -0.25) is 4.79 Å². The number of amides is 1. The van der Waals surface area contributed by atoms with Crippen molar-refractivity contribution in [1.29, 1.82) is 0 Å². The summed E-state index contributed by atoms with van der Waals surface area (Å²) < 4.78 is 0. The van der Waals surface area contributed by atoms with Crippen LogP contribution in [0.5, 0.6) is 0 Å². The number of hydrogen-bond donors (Lipinski definition) is 2. The van der Waals surface area contributed by atoms with E-state index in [1.807, 2.05) is 0 Å². The molecule has 0 heterocycles. The molecule has 0 radical (unpaired) electrons. The summed E-state index contributed by atoms with van der Waals surface area (Å²) in [5, 5.41) is 12.9. The van der Waals surface area contributed by atoms with Crippen LogP contribution in [0, 0.1) is 0 Å². The Morgan fingerprint density at radius 3 is 2.87 bits per heavy atom. The molecule has 0 saturated carbocycles. The van der Waals surface area contributed by atoms with E-state index in [-0.39, 0.29) is 0 Å². The van der Waals surface area contributed by atoms with Crippen LogP contribution in [-0.2, 0) is 4.79 Å². The molecule has 0 atom stereocenters. The highest BCUT2D eigenvalue weighted by Gasteiger charge is 1.98. The molecule has 0 bridgehead atoms. The lowest BCUT2D eigenvalue weighted by molar-refractivity contribution is -0.123. The minimum atomic E-state index is -0.605. The Hall–Kier alpha value is -1.10. The van der Waals surface area contributed by atoms with Gasteiger partial charge in [0, 0.05) is 10.6 Å². The molecule has 0 fully saturated rings. The van der Waals surface area contributed by atoms with Gasteiger partial charge in [-0.2, -0.15) is 5.10 Å². The number of halogens is 2.